The van der Waals surface area contributed by atoms with E-state index in [0.717, 1.165) is 11.1 Å². The Morgan fingerprint density at radius 1 is 1.14 bits per heavy atom. The lowest BCUT2D eigenvalue weighted by atomic mass is 10.1. The molecule has 0 radical (unpaired) electrons. The van der Waals surface area contributed by atoms with Gasteiger partial charge in [0.15, 0.2) is 11.5 Å². The average Bonchev–Trinajstić information content (AvgIpc) is 3.11. The fourth-order valence-corrected chi connectivity index (χ4v) is 5.16. The third kappa shape index (κ3) is 4.76. The van der Waals surface area contributed by atoms with Crippen molar-refractivity contribution in [2.45, 2.75) is 13.3 Å². The molecule has 35 heavy (non-hydrogen) atoms. The maximum absolute atomic E-state index is 13.3. The monoisotopic (exact) mass is 510 g/mol. The van der Waals surface area contributed by atoms with Gasteiger partial charge in [0.05, 0.1) is 24.7 Å². The summed E-state index contributed by atoms with van der Waals surface area (Å²) in [7, 11) is 6.82. The zero-order valence-corrected chi connectivity index (χ0v) is 21.8. The first-order chi connectivity index (χ1) is 16.7. The fraction of sp³-hybridized carbons (Fsp3) is 0.280. The van der Waals surface area contributed by atoms with E-state index in [9.17, 15) is 9.59 Å². The minimum atomic E-state index is -0.238. The number of rotatable bonds is 7. The molecule has 0 saturated carbocycles. The van der Waals surface area contributed by atoms with Gasteiger partial charge in [-0.3, -0.25) is 18.9 Å². The van der Waals surface area contributed by atoms with E-state index in [0.29, 0.717) is 50.7 Å². The Hall–Kier alpha value is -3.37. The number of hydrogen-bond donors (Lipinski definition) is 0. The van der Waals surface area contributed by atoms with Crippen LogP contribution < -0.4 is 19.9 Å². The van der Waals surface area contributed by atoms with E-state index in [1.54, 1.807) is 42.4 Å². The summed E-state index contributed by atoms with van der Waals surface area (Å²) < 4.78 is 12.6. The highest BCUT2D eigenvalue weighted by atomic mass is 32.2. The first-order valence-corrected chi connectivity index (χ1v) is 12.1. The molecule has 0 N–H and O–H groups in total. The number of aromatic nitrogens is 2. The third-order valence-corrected chi connectivity index (χ3v) is 7.09. The number of hydrogen-bond acceptors (Lipinski definition) is 8. The van der Waals surface area contributed by atoms with Crippen molar-refractivity contribution in [3.05, 3.63) is 68.5 Å². The van der Waals surface area contributed by atoms with Crippen LogP contribution in [0.5, 0.6) is 11.5 Å². The van der Waals surface area contributed by atoms with Crippen molar-refractivity contribution in [2.75, 3.05) is 39.8 Å². The molecule has 1 aliphatic rings. The summed E-state index contributed by atoms with van der Waals surface area (Å²) in [5.74, 6) is 1.55. The molecule has 3 heterocycles. The number of methoxy groups -OCH3 is 2. The largest absolute Gasteiger partial charge is 0.493 e. The van der Waals surface area contributed by atoms with Crippen molar-refractivity contribution >= 4 is 51.7 Å². The number of aryl methyl sites for hydroxylation is 1. The highest BCUT2D eigenvalue weighted by molar-refractivity contribution is 8.26. The standard InChI is InChI=1S/C25H26N4O4S2/c1-15-7-6-11-28-21(15)26-22(27(2)3)17(23(28)30)14-20-24(31)29(25(34)35-20)12-10-16-8-9-18(32-4)19(13-16)33-5/h6-9,11,13-14H,10,12H2,1-5H3. The fourth-order valence-electron chi connectivity index (χ4n) is 3.87. The number of fused-ring (bicyclic) bond motifs is 1. The molecule has 0 atom stereocenters. The van der Waals surface area contributed by atoms with E-state index in [2.05, 4.69) is 0 Å². The minimum absolute atomic E-state index is 0.223. The molecule has 1 fully saturated rings. The Bertz CT molecular complexity index is 1410. The second-order valence-electron chi connectivity index (χ2n) is 8.21. The van der Waals surface area contributed by atoms with Crippen LogP contribution in [-0.2, 0) is 11.2 Å². The molecule has 0 bridgehead atoms. The average molecular weight is 511 g/mol. The van der Waals surface area contributed by atoms with Crippen LogP contribution in [0.3, 0.4) is 0 Å². The summed E-state index contributed by atoms with van der Waals surface area (Å²) in [6, 6.07) is 9.37. The smallest absolute Gasteiger partial charge is 0.267 e. The van der Waals surface area contributed by atoms with Crippen LogP contribution in [0.2, 0.25) is 0 Å². The lowest BCUT2D eigenvalue weighted by molar-refractivity contribution is -0.122. The number of carbonyl (C=O) groups excluding carboxylic acids is 1. The highest BCUT2D eigenvalue weighted by Gasteiger charge is 2.32. The van der Waals surface area contributed by atoms with Crippen molar-refractivity contribution < 1.29 is 14.3 Å². The zero-order valence-electron chi connectivity index (χ0n) is 20.2. The lowest BCUT2D eigenvalue weighted by Gasteiger charge is -2.16. The van der Waals surface area contributed by atoms with Crippen LogP contribution in [0, 0.1) is 6.92 Å². The molecule has 3 aromatic rings. The molecule has 1 saturated heterocycles. The van der Waals surface area contributed by atoms with Gasteiger partial charge in [-0.05, 0) is 48.7 Å². The van der Waals surface area contributed by atoms with E-state index in [-0.39, 0.29) is 11.5 Å². The zero-order chi connectivity index (χ0) is 25.3. The van der Waals surface area contributed by atoms with Gasteiger partial charge in [-0.1, -0.05) is 36.1 Å². The molecule has 0 spiro atoms. The van der Waals surface area contributed by atoms with Crippen LogP contribution in [0.1, 0.15) is 16.7 Å². The van der Waals surface area contributed by atoms with Gasteiger partial charge in [-0.2, -0.15) is 0 Å². The Balaban J connectivity index is 1.64. The molecule has 4 rings (SSSR count). The molecule has 182 valence electrons. The van der Waals surface area contributed by atoms with Crippen LogP contribution in [0.25, 0.3) is 11.7 Å². The van der Waals surface area contributed by atoms with Gasteiger partial charge in [0, 0.05) is 26.8 Å². The lowest BCUT2D eigenvalue weighted by Crippen LogP contribution is -2.30. The van der Waals surface area contributed by atoms with Gasteiger partial charge in [0.25, 0.3) is 11.5 Å². The molecule has 2 aromatic heterocycles. The Morgan fingerprint density at radius 3 is 2.57 bits per heavy atom. The van der Waals surface area contributed by atoms with Gasteiger partial charge < -0.3 is 14.4 Å². The normalized spacial score (nSPS) is 14.8. The van der Waals surface area contributed by atoms with Crippen LogP contribution in [0.15, 0.2) is 46.2 Å². The number of benzene rings is 1. The number of nitrogens with zero attached hydrogens (tertiary/aromatic N) is 4. The van der Waals surface area contributed by atoms with Crippen molar-refractivity contribution in [2.24, 2.45) is 0 Å². The number of anilines is 1. The van der Waals surface area contributed by atoms with Gasteiger partial charge in [0.1, 0.15) is 15.8 Å². The van der Waals surface area contributed by atoms with Crippen molar-refractivity contribution in [3.8, 4) is 11.5 Å². The van der Waals surface area contributed by atoms with Crippen LogP contribution >= 0.6 is 24.0 Å². The van der Waals surface area contributed by atoms with E-state index in [1.165, 1.54) is 16.2 Å². The topological polar surface area (TPSA) is 76.4 Å². The predicted octanol–water partition coefficient (Wildman–Crippen LogP) is 3.53. The molecule has 8 nitrogen and oxygen atoms in total. The summed E-state index contributed by atoms with van der Waals surface area (Å²) >= 11 is 6.69. The van der Waals surface area contributed by atoms with E-state index >= 15 is 0 Å². The Labute approximate surface area is 213 Å². The van der Waals surface area contributed by atoms with E-state index < -0.39 is 0 Å². The summed E-state index contributed by atoms with van der Waals surface area (Å²) in [5, 5.41) is 0. The number of thiocarbonyl (C=S) groups is 1. The molecule has 1 aliphatic heterocycles. The number of thioether (sulfide) groups is 1. The first-order valence-electron chi connectivity index (χ1n) is 10.9. The number of pyridine rings is 1. The molecule has 1 amide bonds. The molecular weight excluding hydrogens is 484 g/mol. The van der Waals surface area contributed by atoms with Crippen molar-refractivity contribution in [1.29, 1.82) is 0 Å². The maximum Gasteiger partial charge on any atom is 0.267 e. The van der Waals surface area contributed by atoms with Gasteiger partial charge >= 0.3 is 0 Å². The van der Waals surface area contributed by atoms with E-state index in [4.69, 9.17) is 26.7 Å². The van der Waals surface area contributed by atoms with Crippen molar-refractivity contribution in [3.63, 3.8) is 0 Å². The number of amides is 1. The van der Waals surface area contributed by atoms with Gasteiger partial charge in [0.2, 0.25) is 0 Å². The summed E-state index contributed by atoms with van der Waals surface area (Å²) in [5.41, 5.74) is 2.57. The molecular formula is C25H26N4O4S2. The SMILES string of the molecule is COc1ccc(CCN2C(=O)C(=Cc3c(N(C)C)nc4c(C)cccn4c3=O)SC2=S)cc1OC. The predicted molar refractivity (Wildman–Crippen MR) is 144 cm³/mol. The number of ether oxygens (including phenoxy) is 2. The Morgan fingerprint density at radius 2 is 1.89 bits per heavy atom. The van der Waals surface area contributed by atoms with E-state index in [1.807, 2.05) is 45.3 Å². The number of carbonyl (C=O) groups is 1. The molecule has 10 heteroatoms. The first kappa shape index (κ1) is 24.7. The highest BCUT2D eigenvalue weighted by Crippen LogP contribution is 2.34. The van der Waals surface area contributed by atoms with Gasteiger partial charge in [-0.25, -0.2) is 4.98 Å². The minimum Gasteiger partial charge on any atom is -0.493 e. The molecule has 1 aromatic carbocycles. The summed E-state index contributed by atoms with van der Waals surface area (Å²) in [4.78, 5) is 35.0. The summed E-state index contributed by atoms with van der Waals surface area (Å²) in [6.07, 6.45) is 3.88. The van der Waals surface area contributed by atoms with Gasteiger partial charge in [-0.15, -0.1) is 0 Å². The molecule has 0 unspecified atom stereocenters. The maximum atomic E-state index is 13.3. The second kappa shape index (κ2) is 10.1. The van der Waals surface area contributed by atoms with Crippen LogP contribution in [0.4, 0.5) is 5.82 Å². The summed E-state index contributed by atoms with van der Waals surface area (Å²) in [6.45, 7) is 2.32. The Kier molecular flexibility index (Phi) is 7.13. The van der Waals surface area contributed by atoms with Crippen LogP contribution in [-0.4, -0.2) is 59.4 Å². The quantitative estimate of drug-likeness (QED) is 0.353. The second-order valence-corrected chi connectivity index (χ2v) is 9.88. The molecule has 0 aliphatic carbocycles. The van der Waals surface area contributed by atoms with Crippen molar-refractivity contribution in [1.82, 2.24) is 14.3 Å². The third-order valence-electron chi connectivity index (χ3n) is 5.71.